The van der Waals surface area contributed by atoms with Crippen molar-refractivity contribution in [1.29, 1.82) is 0 Å². The lowest BCUT2D eigenvalue weighted by Crippen LogP contribution is -2.19. The van der Waals surface area contributed by atoms with Crippen molar-refractivity contribution in [2.24, 2.45) is 0 Å². The monoisotopic (exact) mass is 329 g/mol. The van der Waals surface area contributed by atoms with Crippen LogP contribution in [-0.4, -0.2) is 32.3 Å². The van der Waals surface area contributed by atoms with E-state index in [9.17, 15) is 9.18 Å². The number of anilines is 1. The third-order valence-electron chi connectivity index (χ3n) is 4.04. The number of fused-ring (bicyclic) bond motifs is 1. The Labute approximate surface area is 136 Å². The van der Waals surface area contributed by atoms with Crippen LogP contribution in [0, 0.1) is 5.82 Å². The van der Waals surface area contributed by atoms with Gasteiger partial charge < -0.3 is 9.30 Å². The van der Waals surface area contributed by atoms with Gasteiger partial charge in [0.2, 0.25) is 11.9 Å². The Hall–Kier alpha value is -2.74. The zero-order chi connectivity index (χ0) is 16.5. The molecule has 1 aliphatic rings. The number of H-pyrrole nitrogens is 1. The number of nitrogens with zero attached hydrogens (tertiary/aromatic N) is 3. The summed E-state index contributed by atoms with van der Waals surface area (Å²) >= 11 is 0. The summed E-state index contributed by atoms with van der Waals surface area (Å²) in [6, 6.07) is 6.32. The number of amides is 1. The lowest BCUT2D eigenvalue weighted by Gasteiger charge is -2.05. The van der Waals surface area contributed by atoms with E-state index in [0.29, 0.717) is 17.9 Å². The molecule has 3 heterocycles. The number of rotatable bonds is 4. The van der Waals surface area contributed by atoms with E-state index in [0.717, 1.165) is 18.2 Å². The average Bonchev–Trinajstić information content (AvgIpc) is 3.28. The molecule has 0 bridgehead atoms. The predicted molar refractivity (Wildman–Crippen MR) is 84.8 cm³/mol. The molecule has 1 unspecified atom stereocenters. The maximum Gasteiger partial charge on any atom is 0.248 e. The second kappa shape index (κ2) is 6.04. The van der Waals surface area contributed by atoms with Gasteiger partial charge in [-0.3, -0.25) is 15.2 Å². The molecule has 1 fully saturated rings. The molecule has 0 aliphatic carbocycles. The van der Waals surface area contributed by atoms with Gasteiger partial charge in [-0.1, -0.05) is 0 Å². The van der Waals surface area contributed by atoms with E-state index < -0.39 is 0 Å². The van der Waals surface area contributed by atoms with Gasteiger partial charge in [-0.25, -0.2) is 4.39 Å². The minimum atomic E-state index is -0.335. The van der Waals surface area contributed by atoms with E-state index in [1.54, 1.807) is 16.8 Å². The van der Waals surface area contributed by atoms with Crippen LogP contribution in [-0.2, 0) is 16.1 Å². The van der Waals surface area contributed by atoms with Crippen molar-refractivity contribution >= 4 is 22.8 Å². The van der Waals surface area contributed by atoms with Crippen LogP contribution in [0.3, 0.4) is 0 Å². The number of hydrogen-bond acceptors (Lipinski definition) is 4. The SMILES string of the molecule is O=C(Cn1ccc2ccc(F)cc21)Nc1n[nH]c(C2CCCO2)n1. The van der Waals surface area contributed by atoms with Gasteiger partial charge in [0, 0.05) is 12.8 Å². The minimum absolute atomic E-state index is 0.0523. The van der Waals surface area contributed by atoms with Crippen molar-refractivity contribution in [3.05, 3.63) is 42.1 Å². The average molecular weight is 329 g/mol. The third kappa shape index (κ3) is 2.88. The highest BCUT2D eigenvalue weighted by Gasteiger charge is 2.21. The molecule has 1 aliphatic heterocycles. The van der Waals surface area contributed by atoms with Crippen molar-refractivity contribution in [3.8, 4) is 0 Å². The molecule has 0 spiro atoms. The zero-order valence-electron chi connectivity index (χ0n) is 12.8. The number of hydrogen-bond donors (Lipinski definition) is 2. The van der Waals surface area contributed by atoms with Gasteiger partial charge in [-0.2, -0.15) is 4.98 Å². The first-order valence-electron chi connectivity index (χ1n) is 7.77. The van der Waals surface area contributed by atoms with E-state index in [4.69, 9.17) is 4.74 Å². The Bertz CT molecular complexity index is 882. The first-order valence-corrected chi connectivity index (χ1v) is 7.77. The van der Waals surface area contributed by atoms with Crippen LogP contribution in [0.2, 0.25) is 0 Å². The lowest BCUT2D eigenvalue weighted by atomic mass is 10.2. The molecule has 0 radical (unpaired) electrons. The third-order valence-corrected chi connectivity index (χ3v) is 4.04. The van der Waals surface area contributed by atoms with Crippen LogP contribution in [0.1, 0.15) is 24.8 Å². The Morgan fingerprint density at radius 2 is 2.38 bits per heavy atom. The summed E-state index contributed by atoms with van der Waals surface area (Å²) in [5.74, 6) is 0.220. The van der Waals surface area contributed by atoms with E-state index in [2.05, 4.69) is 20.5 Å². The summed E-state index contributed by atoms with van der Waals surface area (Å²) < 4.78 is 20.6. The molecular formula is C16H16FN5O2. The molecule has 2 aromatic heterocycles. The standard InChI is InChI=1S/C16H16FN5O2/c17-11-4-3-10-5-6-22(12(10)8-11)9-14(23)18-16-19-15(20-21-16)13-2-1-7-24-13/h3-6,8,13H,1-2,7,9H2,(H2,18,19,20,21,23). The number of benzene rings is 1. The highest BCUT2D eigenvalue weighted by atomic mass is 19.1. The molecule has 1 atom stereocenters. The number of aromatic amines is 1. The second-order valence-corrected chi connectivity index (χ2v) is 5.74. The quantitative estimate of drug-likeness (QED) is 0.770. The highest BCUT2D eigenvalue weighted by Crippen LogP contribution is 2.26. The van der Waals surface area contributed by atoms with Crippen LogP contribution in [0.4, 0.5) is 10.3 Å². The van der Waals surface area contributed by atoms with Crippen molar-refractivity contribution in [2.75, 3.05) is 11.9 Å². The normalized spacial score (nSPS) is 17.5. The summed E-state index contributed by atoms with van der Waals surface area (Å²) in [4.78, 5) is 16.4. The molecule has 1 aromatic carbocycles. The van der Waals surface area contributed by atoms with Crippen LogP contribution < -0.4 is 5.32 Å². The first kappa shape index (κ1) is 14.8. The van der Waals surface area contributed by atoms with Crippen LogP contribution in [0.15, 0.2) is 30.5 Å². The molecule has 1 amide bonds. The lowest BCUT2D eigenvalue weighted by molar-refractivity contribution is -0.116. The Kier molecular flexibility index (Phi) is 3.73. The summed E-state index contributed by atoms with van der Waals surface area (Å²) in [6.45, 7) is 0.765. The van der Waals surface area contributed by atoms with Crippen LogP contribution >= 0.6 is 0 Å². The molecule has 24 heavy (non-hydrogen) atoms. The van der Waals surface area contributed by atoms with Gasteiger partial charge in [0.05, 0.1) is 5.52 Å². The molecule has 1 saturated heterocycles. The first-order chi connectivity index (χ1) is 11.7. The fourth-order valence-corrected chi connectivity index (χ4v) is 2.88. The summed E-state index contributed by atoms with van der Waals surface area (Å²) in [5, 5.41) is 10.3. The molecule has 0 saturated carbocycles. The van der Waals surface area contributed by atoms with Gasteiger partial charge in [-0.15, -0.1) is 5.10 Å². The number of aromatic nitrogens is 4. The number of halogens is 1. The molecule has 3 aromatic rings. The molecule has 4 rings (SSSR count). The van der Waals surface area contributed by atoms with Crippen molar-refractivity contribution in [1.82, 2.24) is 19.7 Å². The maximum atomic E-state index is 13.4. The van der Waals surface area contributed by atoms with Crippen LogP contribution in [0.5, 0.6) is 0 Å². The van der Waals surface area contributed by atoms with Gasteiger partial charge in [-0.05, 0) is 42.5 Å². The smallest absolute Gasteiger partial charge is 0.248 e. The van der Waals surface area contributed by atoms with Crippen LogP contribution in [0.25, 0.3) is 10.9 Å². The Morgan fingerprint density at radius 1 is 1.46 bits per heavy atom. The maximum absolute atomic E-state index is 13.4. The predicted octanol–water partition coefficient (Wildman–Crippen LogP) is 2.39. The van der Waals surface area contributed by atoms with E-state index >= 15 is 0 Å². The highest BCUT2D eigenvalue weighted by molar-refractivity contribution is 5.90. The van der Waals surface area contributed by atoms with E-state index in [1.807, 2.05) is 6.07 Å². The van der Waals surface area contributed by atoms with E-state index in [-0.39, 0.29) is 30.3 Å². The topological polar surface area (TPSA) is 84.8 Å². The van der Waals surface area contributed by atoms with Gasteiger partial charge in [0.1, 0.15) is 18.5 Å². The largest absolute Gasteiger partial charge is 0.370 e. The number of nitrogens with one attached hydrogen (secondary N) is 2. The van der Waals surface area contributed by atoms with Crippen molar-refractivity contribution < 1.29 is 13.9 Å². The minimum Gasteiger partial charge on any atom is -0.370 e. The molecule has 124 valence electrons. The number of ether oxygens (including phenoxy) is 1. The zero-order valence-corrected chi connectivity index (χ0v) is 12.8. The number of carbonyl (C=O) groups is 1. The molecule has 7 nitrogen and oxygen atoms in total. The molecular weight excluding hydrogens is 313 g/mol. The summed E-state index contributed by atoms with van der Waals surface area (Å²) in [6.07, 6.45) is 3.55. The fraction of sp³-hybridized carbons (Fsp3) is 0.312. The van der Waals surface area contributed by atoms with Crippen molar-refractivity contribution in [3.63, 3.8) is 0 Å². The van der Waals surface area contributed by atoms with Gasteiger partial charge in [0.15, 0.2) is 5.82 Å². The Morgan fingerprint density at radius 3 is 3.21 bits per heavy atom. The molecule has 8 heteroatoms. The van der Waals surface area contributed by atoms with Gasteiger partial charge in [0.25, 0.3) is 0 Å². The fourth-order valence-electron chi connectivity index (χ4n) is 2.88. The summed E-state index contributed by atoms with van der Waals surface area (Å²) in [7, 11) is 0. The second-order valence-electron chi connectivity index (χ2n) is 5.74. The van der Waals surface area contributed by atoms with Gasteiger partial charge >= 0.3 is 0 Å². The number of carbonyl (C=O) groups excluding carboxylic acids is 1. The summed E-state index contributed by atoms with van der Waals surface area (Å²) in [5.41, 5.74) is 0.667. The van der Waals surface area contributed by atoms with Crippen molar-refractivity contribution in [2.45, 2.75) is 25.5 Å². The Balaban J connectivity index is 1.45. The molecule has 2 N–H and O–H groups in total. The van der Waals surface area contributed by atoms with E-state index in [1.165, 1.54) is 12.1 Å².